The first-order chi connectivity index (χ1) is 8.28. The predicted molar refractivity (Wildman–Crippen MR) is 69.4 cm³/mol. The third-order valence-electron chi connectivity index (χ3n) is 3.89. The zero-order chi connectivity index (χ0) is 11.8. The summed E-state index contributed by atoms with van der Waals surface area (Å²) in [5.41, 5.74) is 2.67. The molecule has 1 heterocycles. The van der Waals surface area contributed by atoms with E-state index in [2.05, 4.69) is 37.4 Å². The van der Waals surface area contributed by atoms with Crippen LogP contribution < -0.4 is 10.1 Å². The molecule has 92 valence electrons. The van der Waals surface area contributed by atoms with E-state index >= 15 is 0 Å². The molecular weight excluding hydrogens is 210 g/mol. The van der Waals surface area contributed by atoms with E-state index in [1.54, 1.807) is 0 Å². The highest BCUT2D eigenvalue weighted by Crippen LogP contribution is 2.44. The Labute approximate surface area is 103 Å². The standard InChI is InChI=1S/C15H21NO/c1-3-16-13-9-15(11-5-6-11)17-14-7-4-10(2)8-12(13)14/h4,7-8,11,13,15-16H,3,5-6,9H2,1-2H3. The number of ether oxygens (including phenoxy) is 1. The Balaban J connectivity index is 1.90. The number of fused-ring (bicyclic) bond motifs is 1. The Bertz CT molecular complexity index is 411. The summed E-state index contributed by atoms with van der Waals surface area (Å²) < 4.78 is 6.15. The van der Waals surface area contributed by atoms with Crippen LogP contribution in [0.5, 0.6) is 5.75 Å². The summed E-state index contributed by atoms with van der Waals surface area (Å²) in [6.45, 7) is 5.35. The molecular formula is C15H21NO. The molecule has 2 unspecified atom stereocenters. The number of benzene rings is 1. The lowest BCUT2D eigenvalue weighted by Gasteiger charge is -2.33. The normalized spacial score (nSPS) is 27.4. The number of hydrogen-bond donors (Lipinski definition) is 1. The summed E-state index contributed by atoms with van der Waals surface area (Å²) in [5.74, 6) is 1.91. The number of nitrogens with one attached hydrogen (secondary N) is 1. The van der Waals surface area contributed by atoms with Crippen LogP contribution in [0.3, 0.4) is 0 Å². The molecule has 17 heavy (non-hydrogen) atoms. The van der Waals surface area contributed by atoms with E-state index in [0.717, 1.165) is 24.6 Å². The lowest BCUT2D eigenvalue weighted by molar-refractivity contribution is 0.130. The fourth-order valence-corrected chi connectivity index (χ4v) is 2.81. The van der Waals surface area contributed by atoms with E-state index in [1.165, 1.54) is 24.0 Å². The van der Waals surface area contributed by atoms with Crippen molar-refractivity contribution in [3.8, 4) is 5.75 Å². The topological polar surface area (TPSA) is 21.3 Å². The fourth-order valence-electron chi connectivity index (χ4n) is 2.81. The Kier molecular flexibility index (Phi) is 2.83. The zero-order valence-corrected chi connectivity index (χ0v) is 10.7. The van der Waals surface area contributed by atoms with E-state index in [0.29, 0.717) is 12.1 Å². The largest absolute Gasteiger partial charge is 0.490 e. The summed E-state index contributed by atoms with van der Waals surface area (Å²) in [7, 11) is 0. The predicted octanol–water partition coefficient (Wildman–Crippen LogP) is 3.21. The molecule has 3 rings (SSSR count). The van der Waals surface area contributed by atoms with Gasteiger partial charge in [0.15, 0.2) is 0 Å². The van der Waals surface area contributed by atoms with Gasteiger partial charge >= 0.3 is 0 Å². The van der Waals surface area contributed by atoms with Gasteiger partial charge in [0, 0.05) is 18.0 Å². The van der Waals surface area contributed by atoms with Gasteiger partial charge in [-0.25, -0.2) is 0 Å². The van der Waals surface area contributed by atoms with Crippen molar-refractivity contribution in [2.24, 2.45) is 5.92 Å². The first kappa shape index (κ1) is 11.1. The van der Waals surface area contributed by atoms with Crippen LogP contribution in [-0.2, 0) is 0 Å². The van der Waals surface area contributed by atoms with Gasteiger partial charge in [-0.1, -0.05) is 24.6 Å². The molecule has 1 N–H and O–H groups in total. The van der Waals surface area contributed by atoms with E-state index in [1.807, 2.05) is 0 Å². The highest BCUT2D eigenvalue weighted by atomic mass is 16.5. The van der Waals surface area contributed by atoms with Gasteiger partial charge in [0.2, 0.25) is 0 Å². The Morgan fingerprint density at radius 2 is 2.18 bits per heavy atom. The van der Waals surface area contributed by atoms with Crippen molar-refractivity contribution in [1.82, 2.24) is 5.32 Å². The van der Waals surface area contributed by atoms with Gasteiger partial charge in [0.1, 0.15) is 11.9 Å². The highest BCUT2D eigenvalue weighted by molar-refractivity contribution is 5.41. The first-order valence-corrected chi connectivity index (χ1v) is 6.78. The quantitative estimate of drug-likeness (QED) is 0.862. The van der Waals surface area contributed by atoms with Crippen LogP contribution in [0.4, 0.5) is 0 Å². The molecule has 0 amide bonds. The molecule has 1 aliphatic carbocycles. The van der Waals surface area contributed by atoms with Gasteiger partial charge in [0.05, 0.1) is 0 Å². The third kappa shape index (κ3) is 2.19. The highest BCUT2D eigenvalue weighted by Gasteiger charge is 2.38. The molecule has 0 saturated heterocycles. The molecule has 1 aromatic rings. The summed E-state index contributed by atoms with van der Waals surface area (Å²) in [6.07, 6.45) is 4.28. The van der Waals surface area contributed by atoms with Crippen LogP contribution in [0.1, 0.15) is 43.4 Å². The number of aryl methyl sites for hydroxylation is 1. The molecule has 1 fully saturated rings. The average molecular weight is 231 g/mol. The SMILES string of the molecule is CCNC1CC(C2CC2)Oc2ccc(C)cc21. The molecule has 1 aromatic carbocycles. The Morgan fingerprint density at radius 1 is 1.35 bits per heavy atom. The van der Waals surface area contributed by atoms with E-state index < -0.39 is 0 Å². The van der Waals surface area contributed by atoms with E-state index in [9.17, 15) is 0 Å². The molecule has 1 aliphatic heterocycles. The molecule has 0 aromatic heterocycles. The van der Waals surface area contributed by atoms with Gasteiger partial charge < -0.3 is 10.1 Å². The number of hydrogen-bond acceptors (Lipinski definition) is 2. The summed E-state index contributed by atoms with van der Waals surface area (Å²) in [5, 5.41) is 3.60. The number of rotatable bonds is 3. The smallest absolute Gasteiger partial charge is 0.124 e. The second-order valence-electron chi connectivity index (χ2n) is 5.38. The van der Waals surface area contributed by atoms with Gasteiger partial charge in [-0.15, -0.1) is 0 Å². The fraction of sp³-hybridized carbons (Fsp3) is 0.600. The lowest BCUT2D eigenvalue weighted by atomic mass is 9.93. The summed E-state index contributed by atoms with van der Waals surface area (Å²) in [4.78, 5) is 0. The van der Waals surface area contributed by atoms with Crippen molar-refractivity contribution in [2.45, 2.75) is 45.3 Å². The van der Waals surface area contributed by atoms with Gasteiger partial charge in [-0.2, -0.15) is 0 Å². The monoisotopic (exact) mass is 231 g/mol. The van der Waals surface area contributed by atoms with Gasteiger partial charge in [-0.05, 0) is 38.3 Å². The molecule has 2 atom stereocenters. The maximum atomic E-state index is 6.15. The van der Waals surface area contributed by atoms with Crippen LogP contribution in [0.15, 0.2) is 18.2 Å². The molecule has 1 saturated carbocycles. The first-order valence-electron chi connectivity index (χ1n) is 6.78. The second kappa shape index (κ2) is 4.34. The molecule has 2 aliphatic rings. The molecule has 0 spiro atoms. The minimum atomic E-state index is 0.439. The summed E-state index contributed by atoms with van der Waals surface area (Å²) in [6, 6.07) is 7.04. The molecule has 2 nitrogen and oxygen atoms in total. The van der Waals surface area contributed by atoms with Gasteiger partial charge in [-0.3, -0.25) is 0 Å². The molecule has 0 radical (unpaired) electrons. The van der Waals surface area contributed by atoms with Crippen LogP contribution >= 0.6 is 0 Å². The molecule has 0 bridgehead atoms. The van der Waals surface area contributed by atoms with E-state index in [-0.39, 0.29) is 0 Å². The zero-order valence-electron chi connectivity index (χ0n) is 10.7. The maximum absolute atomic E-state index is 6.15. The van der Waals surface area contributed by atoms with Crippen molar-refractivity contribution in [1.29, 1.82) is 0 Å². The van der Waals surface area contributed by atoms with Crippen LogP contribution in [-0.4, -0.2) is 12.6 Å². The Morgan fingerprint density at radius 3 is 2.88 bits per heavy atom. The van der Waals surface area contributed by atoms with Gasteiger partial charge in [0.25, 0.3) is 0 Å². The lowest BCUT2D eigenvalue weighted by Crippen LogP contribution is -2.34. The van der Waals surface area contributed by atoms with Crippen molar-refractivity contribution in [3.05, 3.63) is 29.3 Å². The van der Waals surface area contributed by atoms with Crippen LogP contribution in [0.2, 0.25) is 0 Å². The summed E-state index contributed by atoms with van der Waals surface area (Å²) >= 11 is 0. The van der Waals surface area contributed by atoms with Crippen molar-refractivity contribution < 1.29 is 4.74 Å². The third-order valence-corrected chi connectivity index (χ3v) is 3.89. The minimum absolute atomic E-state index is 0.439. The maximum Gasteiger partial charge on any atom is 0.124 e. The van der Waals surface area contributed by atoms with E-state index in [4.69, 9.17) is 4.74 Å². The Hall–Kier alpha value is -1.02. The van der Waals surface area contributed by atoms with Crippen molar-refractivity contribution in [3.63, 3.8) is 0 Å². The minimum Gasteiger partial charge on any atom is -0.490 e. The van der Waals surface area contributed by atoms with Crippen molar-refractivity contribution >= 4 is 0 Å². The average Bonchev–Trinajstić information content (AvgIpc) is 3.14. The second-order valence-corrected chi connectivity index (χ2v) is 5.38. The van der Waals surface area contributed by atoms with Crippen molar-refractivity contribution in [2.75, 3.05) is 6.54 Å². The van der Waals surface area contributed by atoms with Crippen LogP contribution in [0.25, 0.3) is 0 Å². The molecule has 2 heteroatoms. The van der Waals surface area contributed by atoms with Crippen LogP contribution in [0, 0.1) is 12.8 Å².